The molecule has 2 unspecified atom stereocenters. The smallest absolute Gasteiger partial charge is 0.00514 e. The molecule has 2 nitrogen and oxygen atoms in total. The van der Waals surface area contributed by atoms with Crippen molar-refractivity contribution in [2.24, 2.45) is 11.7 Å². The van der Waals surface area contributed by atoms with E-state index in [-0.39, 0.29) is 0 Å². The van der Waals surface area contributed by atoms with Crippen LogP contribution < -0.4 is 5.73 Å². The Hall–Kier alpha value is -0.0800. The number of hydrogen-bond acceptors (Lipinski definition) is 2. The zero-order chi connectivity index (χ0) is 6.85. The lowest BCUT2D eigenvalue weighted by atomic mass is 10.0. The van der Waals surface area contributed by atoms with Crippen molar-refractivity contribution in [3.05, 3.63) is 0 Å². The van der Waals surface area contributed by atoms with Crippen LogP contribution in [0.3, 0.4) is 0 Å². The Labute approximate surface area is 57.0 Å². The van der Waals surface area contributed by atoms with E-state index in [4.69, 9.17) is 5.73 Å². The van der Waals surface area contributed by atoms with Crippen molar-refractivity contribution in [1.82, 2.24) is 4.90 Å². The summed E-state index contributed by atoms with van der Waals surface area (Å²) in [6.07, 6.45) is 1.29. The summed E-state index contributed by atoms with van der Waals surface area (Å²) in [5.74, 6) is 0.745. The molecule has 0 spiro atoms. The van der Waals surface area contributed by atoms with E-state index in [1.807, 2.05) is 0 Å². The minimum absolute atomic E-state index is 0.384. The zero-order valence-corrected chi connectivity index (χ0v) is 6.30. The molecule has 0 bridgehead atoms. The third-order valence-corrected chi connectivity index (χ3v) is 2.17. The fourth-order valence-corrected chi connectivity index (χ4v) is 1.40. The normalized spacial score (nSPS) is 33.0. The standard InChI is InChI=1S/C7H16N2/c1-6(8)7-3-4-9(2)5-7/h6-7H,3-5,8H2,1-2H3. The van der Waals surface area contributed by atoms with Crippen LogP contribution in [0.5, 0.6) is 0 Å². The van der Waals surface area contributed by atoms with Crippen molar-refractivity contribution in [3.63, 3.8) is 0 Å². The van der Waals surface area contributed by atoms with E-state index in [1.165, 1.54) is 19.5 Å². The molecule has 2 N–H and O–H groups in total. The van der Waals surface area contributed by atoms with E-state index in [1.54, 1.807) is 0 Å². The molecule has 1 aliphatic heterocycles. The van der Waals surface area contributed by atoms with Gasteiger partial charge in [0.05, 0.1) is 0 Å². The number of likely N-dealkylation sites (tertiary alicyclic amines) is 1. The molecule has 0 aromatic carbocycles. The molecule has 0 aromatic heterocycles. The molecule has 1 rings (SSSR count). The predicted molar refractivity (Wildman–Crippen MR) is 39.3 cm³/mol. The van der Waals surface area contributed by atoms with Crippen molar-refractivity contribution in [2.45, 2.75) is 19.4 Å². The summed E-state index contributed by atoms with van der Waals surface area (Å²) in [5, 5.41) is 0. The summed E-state index contributed by atoms with van der Waals surface area (Å²) < 4.78 is 0. The molecule has 0 aromatic rings. The summed E-state index contributed by atoms with van der Waals surface area (Å²) in [7, 11) is 2.16. The highest BCUT2D eigenvalue weighted by Gasteiger charge is 2.21. The van der Waals surface area contributed by atoms with E-state index in [2.05, 4.69) is 18.9 Å². The summed E-state index contributed by atoms with van der Waals surface area (Å²) in [5.41, 5.74) is 5.73. The molecule has 0 saturated carbocycles. The topological polar surface area (TPSA) is 29.3 Å². The van der Waals surface area contributed by atoms with Crippen LogP contribution in [-0.4, -0.2) is 31.1 Å². The molecule has 9 heavy (non-hydrogen) atoms. The minimum atomic E-state index is 0.384. The highest BCUT2D eigenvalue weighted by Crippen LogP contribution is 2.15. The molecule has 0 radical (unpaired) electrons. The van der Waals surface area contributed by atoms with Gasteiger partial charge in [-0.3, -0.25) is 0 Å². The first-order valence-corrected chi connectivity index (χ1v) is 3.64. The van der Waals surface area contributed by atoms with Crippen LogP contribution in [0.1, 0.15) is 13.3 Å². The second kappa shape index (κ2) is 2.67. The van der Waals surface area contributed by atoms with E-state index < -0.39 is 0 Å². The lowest BCUT2D eigenvalue weighted by molar-refractivity contribution is 0.377. The fourth-order valence-electron chi connectivity index (χ4n) is 1.40. The summed E-state index contributed by atoms with van der Waals surface area (Å²) in [6.45, 7) is 4.52. The van der Waals surface area contributed by atoms with Gasteiger partial charge < -0.3 is 10.6 Å². The maximum Gasteiger partial charge on any atom is 0.00514 e. The molecule has 0 aliphatic carbocycles. The first-order valence-electron chi connectivity index (χ1n) is 3.64. The Bertz CT molecular complexity index is 90.9. The Morgan fingerprint density at radius 3 is 2.56 bits per heavy atom. The number of rotatable bonds is 1. The van der Waals surface area contributed by atoms with Gasteiger partial charge in [-0.15, -0.1) is 0 Å². The number of nitrogens with two attached hydrogens (primary N) is 1. The van der Waals surface area contributed by atoms with Crippen LogP contribution >= 0.6 is 0 Å². The second-order valence-corrected chi connectivity index (χ2v) is 3.17. The third kappa shape index (κ3) is 1.66. The lowest BCUT2D eigenvalue weighted by Crippen LogP contribution is -2.28. The van der Waals surface area contributed by atoms with Gasteiger partial charge in [0.1, 0.15) is 0 Å². The van der Waals surface area contributed by atoms with Gasteiger partial charge in [-0.2, -0.15) is 0 Å². The number of hydrogen-bond donors (Lipinski definition) is 1. The van der Waals surface area contributed by atoms with E-state index in [0.29, 0.717) is 6.04 Å². The molecule has 1 saturated heterocycles. The highest BCUT2D eigenvalue weighted by atomic mass is 15.1. The lowest BCUT2D eigenvalue weighted by Gasteiger charge is -2.13. The Morgan fingerprint density at radius 2 is 2.33 bits per heavy atom. The van der Waals surface area contributed by atoms with E-state index in [9.17, 15) is 0 Å². The molecular weight excluding hydrogens is 112 g/mol. The average molecular weight is 128 g/mol. The summed E-state index contributed by atoms with van der Waals surface area (Å²) in [4.78, 5) is 2.34. The van der Waals surface area contributed by atoms with Gasteiger partial charge in [0.2, 0.25) is 0 Å². The van der Waals surface area contributed by atoms with Gasteiger partial charge in [-0.05, 0) is 32.9 Å². The third-order valence-electron chi connectivity index (χ3n) is 2.17. The Balaban J connectivity index is 2.30. The minimum Gasteiger partial charge on any atom is -0.328 e. The van der Waals surface area contributed by atoms with Gasteiger partial charge in [0.15, 0.2) is 0 Å². The molecule has 2 heteroatoms. The fraction of sp³-hybridized carbons (Fsp3) is 1.00. The second-order valence-electron chi connectivity index (χ2n) is 3.17. The number of nitrogens with zero attached hydrogens (tertiary/aromatic N) is 1. The maximum atomic E-state index is 5.73. The maximum absolute atomic E-state index is 5.73. The largest absolute Gasteiger partial charge is 0.328 e. The van der Waals surface area contributed by atoms with Crippen LogP contribution in [-0.2, 0) is 0 Å². The van der Waals surface area contributed by atoms with Gasteiger partial charge in [0.25, 0.3) is 0 Å². The van der Waals surface area contributed by atoms with Crippen LogP contribution in [0, 0.1) is 5.92 Å². The van der Waals surface area contributed by atoms with Crippen LogP contribution in [0.25, 0.3) is 0 Å². The molecule has 1 fully saturated rings. The highest BCUT2D eigenvalue weighted by molar-refractivity contribution is 4.78. The Kier molecular flexibility index (Phi) is 2.09. The van der Waals surface area contributed by atoms with Crippen LogP contribution in [0.15, 0.2) is 0 Å². The first-order chi connectivity index (χ1) is 4.20. The summed E-state index contributed by atoms with van der Waals surface area (Å²) in [6, 6.07) is 0.384. The van der Waals surface area contributed by atoms with E-state index in [0.717, 1.165) is 5.92 Å². The van der Waals surface area contributed by atoms with Gasteiger partial charge in [-0.1, -0.05) is 0 Å². The quantitative estimate of drug-likeness (QED) is 0.550. The summed E-state index contributed by atoms with van der Waals surface area (Å²) >= 11 is 0. The van der Waals surface area contributed by atoms with Crippen molar-refractivity contribution < 1.29 is 0 Å². The van der Waals surface area contributed by atoms with Crippen molar-refractivity contribution >= 4 is 0 Å². The zero-order valence-electron chi connectivity index (χ0n) is 6.30. The van der Waals surface area contributed by atoms with Crippen molar-refractivity contribution in [2.75, 3.05) is 20.1 Å². The van der Waals surface area contributed by atoms with Gasteiger partial charge in [-0.25, -0.2) is 0 Å². The van der Waals surface area contributed by atoms with Crippen LogP contribution in [0.2, 0.25) is 0 Å². The van der Waals surface area contributed by atoms with Gasteiger partial charge >= 0.3 is 0 Å². The first kappa shape index (κ1) is 7.03. The Morgan fingerprint density at radius 1 is 1.67 bits per heavy atom. The van der Waals surface area contributed by atoms with E-state index >= 15 is 0 Å². The van der Waals surface area contributed by atoms with Crippen LogP contribution in [0.4, 0.5) is 0 Å². The SMILES string of the molecule is CC(N)C1CCN(C)C1. The molecule has 2 atom stereocenters. The molecule has 0 amide bonds. The molecule has 1 aliphatic rings. The van der Waals surface area contributed by atoms with Gasteiger partial charge in [0, 0.05) is 12.6 Å². The monoisotopic (exact) mass is 128 g/mol. The average Bonchev–Trinajstić information content (AvgIpc) is 2.14. The predicted octanol–water partition coefficient (Wildman–Crippen LogP) is 0.285. The van der Waals surface area contributed by atoms with Crippen molar-refractivity contribution in [1.29, 1.82) is 0 Å². The molecule has 1 heterocycles. The molecule has 54 valence electrons. The molecular formula is C7H16N2. The van der Waals surface area contributed by atoms with Crippen molar-refractivity contribution in [3.8, 4) is 0 Å².